The van der Waals surface area contributed by atoms with Gasteiger partial charge >= 0.3 is 0 Å². The lowest BCUT2D eigenvalue weighted by atomic mass is 10.1. The number of fused-ring (bicyclic) bond motifs is 1. The molecule has 0 radical (unpaired) electrons. The average molecular weight is 488 g/mol. The van der Waals surface area contributed by atoms with Crippen molar-refractivity contribution in [2.24, 2.45) is 0 Å². The minimum atomic E-state index is -3.25. The van der Waals surface area contributed by atoms with Crippen molar-refractivity contribution < 1.29 is 13.2 Å². The molecule has 1 atom stereocenters. The van der Waals surface area contributed by atoms with Gasteiger partial charge in [0, 0.05) is 16.7 Å². The minimum Gasteiger partial charge on any atom is -0.345 e. The van der Waals surface area contributed by atoms with Crippen LogP contribution in [0.4, 0.5) is 0 Å². The number of amides is 1. The van der Waals surface area contributed by atoms with Crippen LogP contribution in [0.2, 0.25) is 5.02 Å². The van der Waals surface area contributed by atoms with Gasteiger partial charge in [-0.25, -0.2) is 8.42 Å². The van der Waals surface area contributed by atoms with Crippen LogP contribution in [-0.2, 0) is 16.4 Å². The van der Waals surface area contributed by atoms with E-state index in [1.807, 2.05) is 48.9 Å². The predicted octanol–water partition coefficient (Wildman–Crippen LogP) is 5.00. The Balaban J connectivity index is 1.53. The molecular formula is C23H22ClN3O3S2. The van der Waals surface area contributed by atoms with Crippen LogP contribution in [0.3, 0.4) is 0 Å². The number of rotatable bonds is 6. The summed E-state index contributed by atoms with van der Waals surface area (Å²) in [7, 11) is -3.25. The van der Waals surface area contributed by atoms with Gasteiger partial charge in [-0.2, -0.15) is 5.10 Å². The third-order valence-electron chi connectivity index (χ3n) is 5.23. The van der Waals surface area contributed by atoms with Crippen molar-refractivity contribution in [2.75, 3.05) is 6.26 Å². The summed E-state index contributed by atoms with van der Waals surface area (Å²) in [5, 5.41) is 9.26. The molecule has 0 saturated carbocycles. The highest BCUT2D eigenvalue weighted by Gasteiger charge is 2.19. The Morgan fingerprint density at radius 1 is 1.16 bits per heavy atom. The van der Waals surface area contributed by atoms with Crippen molar-refractivity contribution in [3.63, 3.8) is 0 Å². The number of nitrogens with zero attached hydrogens (tertiary/aromatic N) is 2. The topological polar surface area (TPSA) is 81.1 Å². The third kappa shape index (κ3) is 4.72. The van der Waals surface area contributed by atoms with Crippen molar-refractivity contribution in [3.8, 4) is 0 Å². The highest BCUT2D eigenvalue weighted by Crippen LogP contribution is 2.29. The van der Waals surface area contributed by atoms with E-state index in [0.717, 1.165) is 27.0 Å². The van der Waals surface area contributed by atoms with Gasteiger partial charge < -0.3 is 5.32 Å². The van der Waals surface area contributed by atoms with Crippen LogP contribution < -0.4 is 5.32 Å². The van der Waals surface area contributed by atoms with E-state index in [2.05, 4.69) is 10.4 Å². The summed E-state index contributed by atoms with van der Waals surface area (Å²) in [4.78, 5) is 14.7. The molecule has 1 N–H and O–H groups in total. The Kier molecular flexibility index (Phi) is 6.11. The maximum absolute atomic E-state index is 12.9. The maximum Gasteiger partial charge on any atom is 0.261 e. The van der Waals surface area contributed by atoms with E-state index in [0.29, 0.717) is 16.4 Å². The van der Waals surface area contributed by atoms with Gasteiger partial charge in [0.15, 0.2) is 9.84 Å². The molecule has 2 aromatic heterocycles. The standard InChI is InChI=1S/C23H22ClN3O3S2/c1-14(17-6-10-19(11-7-17)32(3,29)30)25-22(28)21-12-20-15(2)26-27(23(20)31-21)13-16-4-8-18(24)9-5-16/h4-12,14H,13H2,1-3H3,(H,25,28). The van der Waals surface area contributed by atoms with E-state index in [-0.39, 0.29) is 16.8 Å². The number of benzene rings is 2. The molecule has 0 saturated heterocycles. The van der Waals surface area contributed by atoms with E-state index in [4.69, 9.17) is 11.6 Å². The molecule has 0 fully saturated rings. The van der Waals surface area contributed by atoms with Crippen molar-refractivity contribution in [1.29, 1.82) is 0 Å². The molecule has 0 aliphatic carbocycles. The first-order valence-electron chi connectivity index (χ1n) is 9.94. The Labute approximate surface area is 195 Å². The number of carbonyl (C=O) groups excluding carboxylic acids is 1. The third-order valence-corrected chi connectivity index (χ3v) is 7.76. The number of hydrogen-bond donors (Lipinski definition) is 1. The Morgan fingerprint density at radius 3 is 2.44 bits per heavy atom. The fourth-order valence-electron chi connectivity index (χ4n) is 3.45. The van der Waals surface area contributed by atoms with Gasteiger partial charge in [0.05, 0.1) is 28.1 Å². The normalized spacial score (nSPS) is 12.8. The van der Waals surface area contributed by atoms with Crippen LogP contribution in [0.25, 0.3) is 10.2 Å². The predicted molar refractivity (Wildman–Crippen MR) is 128 cm³/mol. The number of nitrogens with one attached hydrogen (secondary N) is 1. The fraction of sp³-hybridized carbons (Fsp3) is 0.217. The van der Waals surface area contributed by atoms with E-state index >= 15 is 0 Å². The molecule has 166 valence electrons. The van der Waals surface area contributed by atoms with Crippen LogP contribution >= 0.6 is 22.9 Å². The lowest BCUT2D eigenvalue weighted by Gasteiger charge is -2.14. The monoisotopic (exact) mass is 487 g/mol. The summed E-state index contributed by atoms with van der Waals surface area (Å²) >= 11 is 7.38. The Bertz CT molecular complexity index is 1390. The van der Waals surface area contributed by atoms with Crippen LogP contribution in [0, 0.1) is 6.92 Å². The molecule has 0 spiro atoms. The summed E-state index contributed by atoms with van der Waals surface area (Å²) < 4.78 is 25.2. The molecule has 1 unspecified atom stereocenters. The van der Waals surface area contributed by atoms with E-state index in [1.54, 1.807) is 24.3 Å². The molecule has 0 aliphatic rings. The highest BCUT2D eigenvalue weighted by atomic mass is 35.5. The number of halogens is 1. The zero-order valence-electron chi connectivity index (χ0n) is 17.8. The quantitative estimate of drug-likeness (QED) is 0.415. The first-order valence-corrected chi connectivity index (χ1v) is 13.0. The van der Waals surface area contributed by atoms with Gasteiger partial charge in [0.2, 0.25) is 0 Å². The molecule has 4 aromatic rings. The fourth-order valence-corrected chi connectivity index (χ4v) is 5.27. The summed E-state index contributed by atoms with van der Waals surface area (Å²) in [5.41, 5.74) is 2.77. The molecule has 32 heavy (non-hydrogen) atoms. The second-order valence-corrected chi connectivity index (χ2v) is 11.2. The highest BCUT2D eigenvalue weighted by molar-refractivity contribution is 7.90. The molecular weight excluding hydrogens is 466 g/mol. The zero-order chi connectivity index (χ0) is 23.0. The van der Waals surface area contributed by atoms with Crippen molar-refractivity contribution in [3.05, 3.63) is 81.3 Å². The Morgan fingerprint density at radius 2 is 1.81 bits per heavy atom. The minimum absolute atomic E-state index is 0.177. The van der Waals surface area contributed by atoms with Crippen LogP contribution in [0.15, 0.2) is 59.5 Å². The first-order chi connectivity index (χ1) is 15.1. The van der Waals surface area contributed by atoms with Gasteiger partial charge in [-0.3, -0.25) is 9.48 Å². The van der Waals surface area contributed by atoms with E-state index in [1.165, 1.54) is 17.6 Å². The van der Waals surface area contributed by atoms with Crippen LogP contribution in [-0.4, -0.2) is 30.4 Å². The summed E-state index contributed by atoms with van der Waals surface area (Å²) in [6, 6.07) is 15.8. The van der Waals surface area contributed by atoms with Crippen molar-refractivity contribution in [2.45, 2.75) is 31.3 Å². The second-order valence-electron chi connectivity index (χ2n) is 7.74. The van der Waals surface area contributed by atoms with Gasteiger partial charge in [0.25, 0.3) is 5.91 Å². The van der Waals surface area contributed by atoms with Crippen LogP contribution in [0.1, 0.15) is 39.5 Å². The molecule has 1 amide bonds. The van der Waals surface area contributed by atoms with Crippen molar-refractivity contribution in [1.82, 2.24) is 15.1 Å². The zero-order valence-corrected chi connectivity index (χ0v) is 20.2. The molecule has 9 heteroatoms. The molecule has 2 aromatic carbocycles. The molecule has 0 aliphatic heterocycles. The number of aromatic nitrogens is 2. The number of thiophene rings is 1. The Hall–Kier alpha value is -2.68. The number of hydrogen-bond acceptors (Lipinski definition) is 5. The lowest BCUT2D eigenvalue weighted by molar-refractivity contribution is 0.0944. The lowest BCUT2D eigenvalue weighted by Crippen LogP contribution is -2.25. The van der Waals surface area contributed by atoms with Crippen molar-refractivity contribution >= 4 is 48.9 Å². The SMILES string of the molecule is Cc1nn(Cc2ccc(Cl)cc2)c2sc(C(=O)NC(C)c3ccc(S(C)(=O)=O)cc3)cc12. The summed E-state index contributed by atoms with van der Waals surface area (Å²) in [6.45, 7) is 4.39. The van der Waals surface area contributed by atoms with Gasteiger partial charge in [-0.15, -0.1) is 11.3 Å². The largest absolute Gasteiger partial charge is 0.345 e. The summed E-state index contributed by atoms with van der Waals surface area (Å²) in [6.07, 6.45) is 1.17. The molecule has 6 nitrogen and oxygen atoms in total. The number of carbonyl (C=O) groups is 1. The average Bonchev–Trinajstić information content (AvgIpc) is 3.30. The van der Waals surface area contributed by atoms with E-state index in [9.17, 15) is 13.2 Å². The maximum atomic E-state index is 12.9. The first kappa shape index (κ1) is 22.5. The number of aryl methyl sites for hydroxylation is 1. The molecule has 2 heterocycles. The van der Waals surface area contributed by atoms with E-state index < -0.39 is 9.84 Å². The van der Waals surface area contributed by atoms with Gasteiger partial charge in [-0.05, 0) is 55.3 Å². The van der Waals surface area contributed by atoms with Gasteiger partial charge in [0.1, 0.15) is 4.83 Å². The van der Waals surface area contributed by atoms with Gasteiger partial charge in [-0.1, -0.05) is 35.9 Å². The molecule has 4 rings (SSSR count). The number of sulfone groups is 1. The smallest absolute Gasteiger partial charge is 0.261 e. The second kappa shape index (κ2) is 8.69. The van der Waals surface area contributed by atoms with Crippen LogP contribution in [0.5, 0.6) is 0 Å². The molecule has 0 bridgehead atoms. The summed E-state index contributed by atoms with van der Waals surface area (Å²) in [5.74, 6) is -0.177.